The highest BCUT2D eigenvalue weighted by molar-refractivity contribution is 7.71. The van der Waals surface area contributed by atoms with Crippen molar-refractivity contribution in [3.63, 3.8) is 0 Å². The van der Waals surface area contributed by atoms with Crippen LogP contribution in [0.1, 0.15) is 5.69 Å². The molecule has 2 aromatic rings. The number of hydrogen-bond donors (Lipinski definition) is 0. The maximum Gasteiger partial charge on any atom is 0.137 e. The highest BCUT2D eigenvalue weighted by Crippen LogP contribution is 2.05. The van der Waals surface area contributed by atoms with E-state index in [1.165, 1.54) is 0 Å². The highest BCUT2D eigenvalue weighted by atomic mass is 32.1. The zero-order valence-electron chi connectivity index (χ0n) is 6.98. The third-order valence-corrected chi connectivity index (χ3v) is 2.33. The second kappa shape index (κ2) is 2.42. The van der Waals surface area contributed by atoms with Gasteiger partial charge in [-0.15, -0.1) is 0 Å². The number of rotatable bonds is 0. The summed E-state index contributed by atoms with van der Waals surface area (Å²) < 4.78 is 4.57. The van der Waals surface area contributed by atoms with Gasteiger partial charge < -0.3 is 4.57 Å². The lowest BCUT2D eigenvalue weighted by molar-refractivity contribution is 0.811. The first-order valence-corrected chi connectivity index (χ1v) is 4.11. The van der Waals surface area contributed by atoms with E-state index in [1.54, 1.807) is 10.7 Å². The van der Waals surface area contributed by atoms with Crippen LogP contribution in [0.5, 0.6) is 0 Å². The van der Waals surface area contributed by atoms with E-state index in [0.717, 1.165) is 16.0 Å². The average Bonchev–Trinajstić information content (AvgIpc) is 2.48. The highest BCUT2D eigenvalue weighted by Gasteiger charge is 1.99. The van der Waals surface area contributed by atoms with E-state index in [2.05, 4.69) is 9.67 Å². The van der Waals surface area contributed by atoms with Gasteiger partial charge in [-0.25, -0.2) is 4.52 Å². The molecule has 0 aliphatic heterocycles. The van der Waals surface area contributed by atoms with E-state index in [4.69, 9.17) is 12.2 Å². The summed E-state index contributed by atoms with van der Waals surface area (Å²) in [6, 6.07) is 3.89. The van der Waals surface area contributed by atoms with E-state index >= 15 is 0 Å². The van der Waals surface area contributed by atoms with E-state index in [1.807, 2.05) is 26.1 Å². The molecule has 0 aliphatic carbocycles. The van der Waals surface area contributed by atoms with Crippen LogP contribution in [-0.2, 0) is 7.05 Å². The Kier molecular flexibility index (Phi) is 1.51. The van der Waals surface area contributed by atoms with Gasteiger partial charge in [0.25, 0.3) is 0 Å². The van der Waals surface area contributed by atoms with Gasteiger partial charge in [0.05, 0.1) is 6.20 Å². The van der Waals surface area contributed by atoms with Crippen molar-refractivity contribution in [2.24, 2.45) is 7.05 Å². The molecule has 2 aromatic heterocycles. The molecule has 0 fully saturated rings. The lowest BCUT2D eigenvalue weighted by Gasteiger charge is -2.05. The Morgan fingerprint density at radius 2 is 2.25 bits per heavy atom. The second-order valence-electron chi connectivity index (χ2n) is 2.78. The van der Waals surface area contributed by atoms with Gasteiger partial charge in [0.15, 0.2) is 0 Å². The molecule has 0 amide bonds. The molecule has 3 nitrogen and oxygen atoms in total. The zero-order chi connectivity index (χ0) is 8.72. The smallest absolute Gasteiger partial charge is 0.137 e. The molecule has 0 unspecified atom stereocenters. The minimum Gasteiger partial charge on any atom is -0.333 e. The number of hydrogen-bond acceptors (Lipinski definition) is 2. The van der Waals surface area contributed by atoms with E-state index < -0.39 is 0 Å². The molecule has 0 aliphatic rings. The van der Waals surface area contributed by atoms with Gasteiger partial charge in [-0.3, -0.25) is 0 Å². The maximum atomic E-state index is 5.14. The third kappa shape index (κ3) is 0.881. The number of aryl methyl sites for hydroxylation is 2. The van der Waals surface area contributed by atoms with Crippen molar-refractivity contribution < 1.29 is 0 Å². The molecule has 0 saturated heterocycles. The fraction of sp³-hybridized carbons (Fsp3) is 0.250. The van der Waals surface area contributed by atoms with Gasteiger partial charge in [-0.2, -0.15) is 5.10 Å². The molecular weight excluding hydrogens is 170 g/mol. The van der Waals surface area contributed by atoms with Crippen molar-refractivity contribution in [1.82, 2.24) is 14.2 Å². The van der Waals surface area contributed by atoms with Gasteiger partial charge in [0.2, 0.25) is 0 Å². The summed E-state index contributed by atoms with van der Waals surface area (Å²) in [5.41, 5.74) is 2.17. The summed E-state index contributed by atoms with van der Waals surface area (Å²) in [5.74, 6) is 0. The summed E-state index contributed by atoms with van der Waals surface area (Å²) >= 11 is 5.14. The van der Waals surface area contributed by atoms with Crippen molar-refractivity contribution in [2.75, 3.05) is 0 Å². The summed E-state index contributed by atoms with van der Waals surface area (Å²) in [4.78, 5) is 0. The molecule has 2 rings (SSSR count). The quantitative estimate of drug-likeness (QED) is 0.574. The largest absolute Gasteiger partial charge is 0.333 e. The molecular formula is C8H9N3S. The van der Waals surface area contributed by atoms with E-state index in [9.17, 15) is 0 Å². The van der Waals surface area contributed by atoms with Gasteiger partial charge in [-0.05, 0) is 13.0 Å². The Morgan fingerprint density at radius 3 is 3.00 bits per heavy atom. The monoisotopic (exact) mass is 179 g/mol. The van der Waals surface area contributed by atoms with Crippen molar-refractivity contribution in [1.29, 1.82) is 0 Å². The standard InChI is InChI=1S/C8H9N3S/c1-6-5-8(12)11-7(10(6)2)3-4-9-11/h3-5H,1-2H3. The predicted molar refractivity (Wildman–Crippen MR) is 49.7 cm³/mol. The van der Waals surface area contributed by atoms with Gasteiger partial charge in [0.1, 0.15) is 10.3 Å². The van der Waals surface area contributed by atoms with Crippen LogP contribution in [0.25, 0.3) is 5.65 Å². The summed E-state index contributed by atoms with van der Waals surface area (Å²) in [7, 11) is 2.00. The summed E-state index contributed by atoms with van der Waals surface area (Å²) in [6.07, 6.45) is 1.75. The van der Waals surface area contributed by atoms with Gasteiger partial charge >= 0.3 is 0 Å². The van der Waals surface area contributed by atoms with Crippen molar-refractivity contribution in [2.45, 2.75) is 6.92 Å². The van der Waals surface area contributed by atoms with Crippen LogP contribution >= 0.6 is 12.2 Å². The first-order valence-electron chi connectivity index (χ1n) is 3.70. The van der Waals surface area contributed by atoms with Crippen LogP contribution in [0.4, 0.5) is 0 Å². The minimum absolute atomic E-state index is 0.755. The number of aromatic nitrogens is 3. The normalized spacial score (nSPS) is 10.8. The van der Waals surface area contributed by atoms with Crippen LogP contribution in [0, 0.1) is 11.6 Å². The second-order valence-corrected chi connectivity index (χ2v) is 3.20. The Balaban J connectivity index is 3.07. The van der Waals surface area contributed by atoms with E-state index in [0.29, 0.717) is 0 Å². The fourth-order valence-electron chi connectivity index (χ4n) is 1.24. The average molecular weight is 179 g/mol. The summed E-state index contributed by atoms with van der Waals surface area (Å²) in [5, 5.41) is 4.11. The SMILES string of the molecule is Cc1cc(=S)n2nccc2n1C. The van der Waals surface area contributed by atoms with Crippen LogP contribution in [0.2, 0.25) is 0 Å². The molecule has 0 saturated carbocycles. The molecule has 0 N–H and O–H groups in total. The van der Waals surface area contributed by atoms with Crippen LogP contribution in [0.15, 0.2) is 18.3 Å². The molecule has 4 heteroatoms. The number of fused-ring (bicyclic) bond motifs is 1. The van der Waals surface area contributed by atoms with Crippen molar-refractivity contribution in [3.8, 4) is 0 Å². The van der Waals surface area contributed by atoms with Crippen LogP contribution in [0.3, 0.4) is 0 Å². The first-order chi connectivity index (χ1) is 5.70. The molecule has 12 heavy (non-hydrogen) atoms. The molecule has 0 atom stereocenters. The van der Waals surface area contributed by atoms with Crippen molar-refractivity contribution >= 4 is 17.9 Å². The first kappa shape index (κ1) is 7.49. The van der Waals surface area contributed by atoms with Crippen LogP contribution < -0.4 is 0 Å². The minimum atomic E-state index is 0.755. The van der Waals surface area contributed by atoms with Crippen LogP contribution in [-0.4, -0.2) is 14.2 Å². The Hall–Kier alpha value is -1.16. The number of nitrogens with zero attached hydrogens (tertiary/aromatic N) is 3. The third-order valence-electron chi connectivity index (χ3n) is 2.04. The van der Waals surface area contributed by atoms with E-state index in [-0.39, 0.29) is 0 Å². The lowest BCUT2D eigenvalue weighted by Crippen LogP contribution is -2.02. The maximum absolute atomic E-state index is 5.14. The molecule has 0 aromatic carbocycles. The van der Waals surface area contributed by atoms with Gasteiger partial charge in [-0.1, -0.05) is 12.2 Å². The van der Waals surface area contributed by atoms with Gasteiger partial charge in [0, 0.05) is 18.8 Å². The zero-order valence-corrected chi connectivity index (χ0v) is 7.80. The fourth-order valence-corrected chi connectivity index (χ4v) is 1.55. The Bertz CT molecular complexity index is 480. The predicted octanol–water partition coefficient (Wildman–Crippen LogP) is 1.71. The molecule has 0 bridgehead atoms. The molecule has 2 heterocycles. The molecule has 0 radical (unpaired) electrons. The Labute approximate surface area is 75.3 Å². The summed E-state index contributed by atoms with van der Waals surface area (Å²) in [6.45, 7) is 2.03. The Morgan fingerprint density at radius 1 is 1.50 bits per heavy atom. The molecule has 62 valence electrons. The topological polar surface area (TPSA) is 22.2 Å². The lowest BCUT2D eigenvalue weighted by atomic mass is 10.4. The van der Waals surface area contributed by atoms with Crippen molar-refractivity contribution in [3.05, 3.63) is 28.7 Å². The molecule has 0 spiro atoms.